The number of aromatic hydroxyl groups is 1. The third kappa shape index (κ3) is 14.1. The summed E-state index contributed by atoms with van der Waals surface area (Å²) in [7, 11) is 4.45. The molecule has 4 aromatic carbocycles. The van der Waals surface area contributed by atoms with Crippen LogP contribution in [0.3, 0.4) is 0 Å². The predicted octanol–water partition coefficient (Wildman–Crippen LogP) is 4.46. The first-order valence-electron chi connectivity index (χ1n) is 21.6. The number of hydrogen-bond donors (Lipinski definition) is 8. The Morgan fingerprint density at radius 2 is 1.58 bits per heavy atom. The van der Waals surface area contributed by atoms with Crippen molar-refractivity contribution in [1.82, 2.24) is 25.8 Å². The Morgan fingerprint density at radius 1 is 0.855 bits per heavy atom. The first-order chi connectivity index (χ1) is 33.2. The number of carbonyl (C=O) groups excluding carboxylic acids is 6. The number of phenols is 1. The van der Waals surface area contributed by atoms with Crippen LogP contribution in [0.1, 0.15) is 28.4 Å². The van der Waals surface area contributed by atoms with Gasteiger partial charge in [-0.25, -0.2) is 14.6 Å². The van der Waals surface area contributed by atoms with Gasteiger partial charge in [-0.05, 0) is 85.3 Å². The SMILES string of the molecule is CCOC(=O)C1=C(O)/C(=C/c2ccc(OCCNC(=O)CN(C)C(=O)CN(C)C(=O)CNC(=O)c3cc(NC)cc(NC(=O)Nc4ccc(C5=NCCN5)cc4)c3)c(O)c2)SC1=Nc1ccccc1. The fraction of sp³-hybridized carbons (Fsp3) is 0.250. The Balaban J connectivity index is 0.912. The Kier molecular flexibility index (Phi) is 17.4. The van der Waals surface area contributed by atoms with Crippen LogP contribution < -0.4 is 36.6 Å². The van der Waals surface area contributed by atoms with E-state index in [9.17, 15) is 39.0 Å². The first-order valence-corrected chi connectivity index (χ1v) is 22.5. The molecule has 2 heterocycles. The number of phenolic OH excluding ortho intramolecular Hbond substituents is 1. The second-order valence-electron chi connectivity index (χ2n) is 15.3. The van der Waals surface area contributed by atoms with E-state index in [1.54, 1.807) is 74.6 Å². The molecule has 0 unspecified atom stereocenters. The number of para-hydroxylation sites is 1. The number of hydrogen-bond acceptors (Lipinski definition) is 15. The van der Waals surface area contributed by atoms with E-state index in [2.05, 4.69) is 41.9 Å². The number of benzene rings is 4. The minimum absolute atomic E-state index is 0.0288. The van der Waals surface area contributed by atoms with Crippen molar-refractivity contribution in [2.75, 3.05) is 89.6 Å². The summed E-state index contributed by atoms with van der Waals surface area (Å²) >= 11 is 1.08. The number of aliphatic hydroxyl groups is 1. The summed E-state index contributed by atoms with van der Waals surface area (Å²) in [5.41, 5.74) is 3.47. The van der Waals surface area contributed by atoms with Crippen LogP contribution in [0.4, 0.5) is 27.5 Å². The molecule has 6 rings (SSSR count). The molecule has 4 aromatic rings. The number of aliphatic imine (C=N–C) groups is 2. The van der Waals surface area contributed by atoms with Crippen molar-refractivity contribution in [2.45, 2.75) is 6.92 Å². The van der Waals surface area contributed by atoms with Crippen LogP contribution in [0.2, 0.25) is 0 Å². The second-order valence-corrected chi connectivity index (χ2v) is 16.3. The number of esters is 1. The van der Waals surface area contributed by atoms with Crippen LogP contribution in [-0.4, -0.2) is 140 Å². The highest BCUT2D eigenvalue weighted by Crippen LogP contribution is 2.41. The molecular formula is C48H52N10O10S. The number of amides is 6. The molecule has 0 aliphatic carbocycles. The Labute approximate surface area is 401 Å². The molecule has 6 amide bonds. The maximum Gasteiger partial charge on any atom is 0.344 e. The van der Waals surface area contributed by atoms with E-state index in [0.717, 1.165) is 39.5 Å². The van der Waals surface area contributed by atoms with Gasteiger partial charge in [0, 0.05) is 55.9 Å². The normalized spacial score (nSPS) is 14.1. The predicted molar refractivity (Wildman–Crippen MR) is 264 cm³/mol. The molecule has 2 aliphatic rings. The van der Waals surface area contributed by atoms with Gasteiger partial charge in [0.2, 0.25) is 17.7 Å². The number of anilines is 3. The maximum atomic E-state index is 13.1. The number of amidine groups is 1. The molecule has 21 heteroatoms. The van der Waals surface area contributed by atoms with Gasteiger partial charge in [0.15, 0.2) is 11.5 Å². The highest BCUT2D eigenvalue weighted by atomic mass is 32.2. The molecule has 2 aliphatic heterocycles. The largest absolute Gasteiger partial charge is 0.506 e. The van der Waals surface area contributed by atoms with E-state index in [4.69, 9.17) is 9.47 Å². The van der Waals surface area contributed by atoms with Gasteiger partial charge in [0.25, 0.3) is 5.91 Å². The lowest BCUT2D eigenvalue weighted by Crippen LogP contribution is -2.46. The molecule has 0 atom stereocenters. The quantitative estimate of drug-likeness (QED) is 0.0477. The van der Waals surface area contributed by atoms with E-state index >= 15 is 0 Å². The molecule has 0 fully saturated rings. The van der Waals surface area contributed by atoms with E-state index in [1.807, 2.05) is 18.2 Å². The van der Waals surface area contributed by atoms with Gasteiger partial charge in [-0.3, -0.25) is 24.2 Å². The Morgan fingerprint density at radius 3 is 2.28 bits per heavy atom. The molecule has 0 saturated heterocycles. The highest BCUT2D eigenvalue weighted by Gasteiger charge is 2.33. The molecular weight excluding hydrogens is 909 g/mol. The zero-order chi connectivity index (χ0) is 49.5. The lowest BCUT2D eigenvalue weighted by atomic mass is 10.1. The minimum Gasteiger partial charge on any atom is -0.506 e. The number of aliphatic hydroxyl groups excluding tert-OH is 1. The van der Waals surface area contributed by atoms with Crippen LogP contribution in [-0.2, 0) is 23.9 Å². The fourth-order valence-corrected chi connectivity index (χ4v) is 7.63. The molecule has 20 nitrogen and oxygen atoms in total. The third-order valence-corrected chi connectivity index (χ3v) is 11.2. The zero-order valence-electron chi connectivity index (χ0n) is 38.3. The molecule has 0 aromatic heterocycles. The van der Waals surface area contributed by atoms with E-state index < -0.39 is 42.2 Å². The van der Waals surface area contributed by atoms with Crippen molar-refractivity contribution >= 4 is 87.1 Å². The number of carbonyl (C=O) groups is 6. The van der Waals surface area contributed by atoms with Crippen LogP contribution >= 0.6 is 11.8 Å². The lowest BCUT2D eigenvalue weighted by Gasteiger charge is -2.22. The molecule has 0 bridgehead atoms. The summed E-state index contributed by atoms with van der Waals surface area (Å²) in [4.78, 5) is 88.6. The number of thioether (sulfide) groups is 1. The summed E-state index contributed by atoms with van der Waals surface area (Å²) < 4.78 is 10.8. The van der Waals surface area contributed by atoms with Gasteiger partial charge in [-0.2, -0.15) is 0 Å². The maximum absolute atomic E-state index is 13.1. The van der Waals surface area contributed by atoms with Crippen LogP contribution in [0.15, 0.2) is 117 Å². The monoisotopic (exact) mass is 960 g/mol. The van der Waals surface area contributed by atoms with Crippen LogP contribution in [0.5, 0.6) is 11.5 Å². The average Bonchev–Trinajstić information content (AvgIpc) is 3.98. The lowest BCUT2D eigenvalue weighted by molar-refractivity contribution is -0.139. The van der Waals surface area contributed by atoms with Crippen molar-refractivity contribution in [3.05, 3.63) is 124 Å². The zero-order valence-corrected chi connectivity index (χ0v) is 39.1. The summed E-state index contributed by atoms with van der Waals surface area (Å²) in [5.74, 6) is -2.51. The van der Waals surface area contributed by atoms with Gasteiger partial charge < -0.3 is 61.4 Å². The summed E-state index contributed by atoms with van der Waals surface area (Å²) in [5, 5.41) is 38.7. The fourth-order valence-electron chi connectivity index (χ4n) is 6.60. The summed E-state index contributed by atoms with van der Waals surface area (Å²) in [6.45, 7) is 2.13. The molecule has 0 saturated carbocycles. The molecule has 0 radical (unpaired) electrons. The van der Waals surface area contributed by atoms with E-state index in [1.165, 1.54) is 32.3 Å². The number of nitrogens with zero attached hydrogens (tertiary/aromatic N) is 4. The molecule has 8 N–H and O–H groups in total. The van der Waals surface area contributed by atoms with Crippen molar-refractivity contribution < 1.29 is 48.5 Å². The highest BCUT2D eigenvalue weighted by molar-refractivity contribution is 8.18. The molecule has 69 heavy (non-hydrogen) atoms. The standard InChI is InChI=1S/C48H52N10O10S/c1-5-67-47(65)42-43(63)38(69-46(42)54-32-9-7-6-8-10-32)22-29-11-16-37(36(59)21-29)68-20-19-50-39(60)27-57(3)41(62)28-58(4)40(61)26-53-45(64)31-23-34(49-2)25-35(24-31)56-48(66)55-33-14-12-30(13-15-33)44-51-17-18-52-44/h6-16,21-25,49,59,63H,5,17-20,26-28H2,1-4H3,(H,50,60)(H,51,52)(H,53,64)(H2,55,56,66)/b38-22-,54-46?. The van der Waals surface area contributed by atoms with Crippen molar-refractivity contribution in [1.29, 1.82) is 0 Å². The molecule has 0 spiro atoms. The van der Waals surface area contributed by atoms with Gasteiger partial charge in [0.1, 0.15) is 28.8 Å². The molecule has 360 valence electrons. The third-order valence-electron chi connectivity index (χ3n) is 10.2. The van der Waals surface area contributed by atoms with Crippen molar-refractivity contribution in [2.24, 2.45) is 9.98 Å². The van der Waals surface area contributed by atoms with Gasteiger partial charge in [-0.15, -0.1) is 0 Å². The smallest absolute Gasteiger partial charge is 0.344 e. The van der Waals surface area contributed by atoms with Crippen molar-refractivity contribution in [3.8, 4) is 11.5 Å². The number of urea groups is 1. The topological polar surface area (TPSA) is 265 Å². The van der Waals surface area contributed by atoms with E-state index in [-0.39, 0.29) is 66.3 Å². The van der Waals surface area contributed by atoms with Gasteiger partial charge >= 0.3 is 12.0 Å². The number of likely N-dealkylation sites (N-methyl/N-ethyl adjacent to an activating group) is 2. The van der Waals surface area contributed by atoms with Crippen LogP contribution in [0, 0.1) is 0 Å². The van der Waals surface area contributed by atoms with Crippen molar-refractivity contribution in [3.63, 3.8) is 0 Å². The number of nitrogens with one attached hydrogen (secondary N) is 6. The number of rotatable bonds is 19. The minimum atomic E-state index is -0.716. The Hall–Kier alpha value is -8.33. The van der Waals surface area contributed by atoms with E-state index in [0.29, 0.717) is 39.8 Å². The van der Waals surface area contributed by atoms with Gasteiger partial charge in [-0.1, -0.05) is 36.0 Å². The Bertz CT molecular complexity index is 2710. The first kappa shape index (κ1) is 50.1. The number of ether oxygens (including phenoxy) is 2. The second kappa shape index (κ2) is 23.9. The average molecular weight is 961 g/mol. The van der Waals surface area contributed by atoms with Crippen LogP contribution in [0.25, 0.3) is 6.08 Å². The van der Waals surface area contributed by atoms with Gasteiger partial charge in [0.05, 0.1) is 49.9 Å². The summed E-state index contributed by atoms with van der Waals surface area (Å²) in [6, 6.07) is 24.8. The summed E-state index contributed by atoms with van der Waals surface area (Å²) in [6.07, 6.45) is 1.58.